The largest absolute Gasteiger partial charge is 0.497 e. The van der Waals surface area contributed by atoms with Crippen LogP contribution >= 0.6 is 0 Å². The first-order valence-electron chi connectivity index (χ1n) is 17.2. The summed E-state index contributed by atoms with van der Waals surface area (Å²) in [5.74, 6) is 0.473. The van der Waals surface area contributed by atoms with Gasteiger partial charge >= 0.3 is 0 Å². The quantitative estimate of drug-likeness (QED) is 0.336. The van der Waals surface area contributed by atoms with Crippen LogP contribution in [0.25, 0.3) is 0 Å². The maximum Gasteiger partial charge on any atom is 0.251 e. The highest BCUT2D eigenvalue weighted by atomic mass is 32.2. The van der Waals surface area contributed by atoms with Crippen LogP contribution in [0.15, 0.2) is 41.6 Å². The van der Waals surface area contributed by atoms with E-state index in [9.17, 15) is 18.0 Å². The lowest BCUT2D eigenvalue weighted by Gasteiger charge is -2.51. The van der Waals surface area contributed by atoms with Crippen LogP contribution in [-0.2, 0) is 19.6 Å². The minimum absolute atomic E-state index is 0.0313. The van der Waals surface area contributed by atoms with Crippen LogP contribution in [0.1, 0.15) is 60.0 Å². The van der Waals surface area contributed by atoms with E-state index < -0.39 is 10.0 Å². The molecule has 13 heteroatoms. The number of pyridine rings is 1. The van der Waals surface area contributed by atoms with E-state index in [0.717, 1.165) is 58.3 Å². The van der Waals surface area contributed by atoms with Crippen molar-refractivity contribution in [2.75, 3.05) is 79.7 Å². The van der Waals surface area contributed by atoms with Crippen molar-refractivity contribution in [3.8, 4) is 5.75 Å². The number of benzene rings is 1. The zero-order valence-corrected chi connectivity index (χ0v) is 29.8. The molecule has 4 heterocycles. The number of piperidine rings is 2. The van der Waals surface area contributed by atoms with E-state index in [1.807, 2.05) is 18.7 Å². The third-order valence-corrected chi connectivity index (χ3v) is 12.6. The summed E-state index contributed by atoms with van der Waals surface area (Å²) in [6, 6.07) is 6.78. The second-order valence-corrected chi connectivity index (χ2v) is 15.3. The number of nitrogens with one attached hydrogen (secondary N) is 1. The average Bonchev–Trinajstić information content (AvgIpc) is 3.09. The number of aromatic nitrogens is 1. The third-order valence-electron chi connectivity index (χ3n) is 10.4. The van der Waals surface area contributed by atoms with Gasteiger partial charge in [0.05, 0.1) is 12.0 Å². The standard InChI is InChI=1S/C35H52N6O6S/c1-27-23-31(46-4)24-28(2)33(27)48(44,45)41-15-6-5-7-30(41)10-22-47-25-32(42)39-16-11-35(12-17-39,40-20-18-38(3)19-21-40)26-37-34(43)29-8-13-36-14-9-29/h8-9,13-14,23-24,30H,5-7,10-12,15-22,25-26H2,1-4H3,(H,37,43). The number of rotatable bonds is 12. The molecule has 3 fully saturated rings. The molecule has 48 heavy (non-hydrogen) atoms. The third kappa shape index (κ3) is 8.36. The van der Waals surface area contributed by atoms with Crippen molar-refractivity contribution in [3.05, 3.63) is 53.3 Å². The summed E-state index contributed by atoms with van der Waals surface area (Å²) in [6.45, 7) is 9.85. The SMILES string of the molecule is COc1cc(C)c(S(=O)(=O)N2CCCCC2CCOCC(=O)N2CCC(CNC(=O)c3ccncc3)(N3CCN(C)CC3)CC2)c(C)c1. The number of likely N-dealkylation sites (tertiary alicyclic amines) is 1. The second kappa shape index (κ2) is 16.1. The van der Waals surface area contributed by atoms with E-state index in [4.69, 9.17) is 9.47 Å². The first kappa shape index (κ1) is 36.2. The van der Waals surface area contributed by atoms with E-state index >= 15 is 0 Å². The molecule has 0 bridgehead atoms. The summed E-state index contributed by atoms with van der Waals surface area (Å²) in [5, 5.41) is 3.17. The number of aryl methyl sites for hydroxylation is 2. The summed E-state index contributed by atoms with van der Waals surface area (Å²) in [5.41, 5.74) is 1.71. The lowest BCUT2D eigenvalue weighted by molar-refractivity contribution is -0.139. The number of piperazine rings is 1. The number of likely N-dealkylation sites (N-methyl/N-ethyl adjacent to an activating group) is 1. The zero-order chi connectivity index (χ0) is 34.3. The molecule has 0 saturated carbocycles. The molecular formula is C35H52N6O6S. The molecule has 1 N–H and O–H groups in total. The minimum atomic E-state index is -3.71. The van der Waals surface area contributed by atoms with Crippen molar-refractivity contribution >= 4 is 21.8 Å². The van der Waals surface area contributed by atoms with Crippen molar-refractivity contribution in [1.82, 2.24) is 29.3 Å². The van der Waals surface area contributed by atoms with E-state index in [0.29, 0.717) is 66.5 Å². The Morgan fingerprint density at radius 3 is 2.29 bits per heavy atom. The summed E-state index contributed by atoms with van der Waals surface area (Å²) in [7, 11) is 0.000203. The van der Waals surface area contributed by atoms with Gasteiger partial charge in [0.2, 0.25) is 15.9 Å². The molecule has 2 amide bonds. The lowest BCUT2D eigenvalue weighted by Crippen LogP contribution is -2.64. The Bertz CT molecular complexity index is 1480. The lowest BCUT2D eigenvalue weighted by atomic mass is 9.84. The molecule has 3 aliphatic heterocycles. The number of sulfonamides is 1. The van der Waals surface area contributed by atoms with Gasteiger partial charge in [0.25, 0.3) is 5.91 Å². The van der Waals surface area contributed by atoms with Crippen molar-refractivity contribution in [3.63, 3.8) is 0 Å². The van der Waals surface area contributed by atoms with Gasteiger partial charge in [0.15, 0.2) is 0 Å². The smallest absolute Gasteiger partial charge is 0.251 e. The monoisotopic (exact) mass is 684 g/mol. The maximum absolute atomic E-state index is 13.9. The summed E-state index contributed by atoms with van der Waals surface area (Å²) in [4.78, 5) is 37.2. The predicted octanol–water partition coefficient (Wildman–Crippen LogP) is 2.70. The predicted molar refractivity (Wildman–Crippen MR) is 184 cm³/mol. The van der Waals surface area contributed by atoms with Crippen LogP contribution in [0.2, 0.25) is 0 Å². The number of carbonyl (C=O) groups is 2. The van der Waals surface area contributed by atoms with E-state index in [-0.39, 0.29) is 30.0 Å². The van der Waals surface area contributed by atoms with E-state index in [2.05, 4.69) is 27.1 Å². The van der Waals surface area contributed by atoms with Crippen LogP contribution in [0, 0.1) is 13.8 Å². The van der Waals surface area contributed by atoms with Crippen molar-refractivity contribution in [2.45, 2.75) is 68.8 Å². The Morgan fingerprint density at radius 2 is 1.65 bits per heavy atom. The number of ether oxygens (including phenoxy) is 2. The summed E-state index contributed by atoms with van der Waals surface area (Å²) in [6.07, 6.45) is 7.84. The van der Waals surface area contributed by atoms with Crippen molar-refractivity contribution < 1.29 is 27.5 Å². The molecular weight excluding hydrogens is 632 g/mol. The van der Waals surface area contributed by atoms with Crippen LogP contribution < -0.4 is 10.1 Å². The summed E-state index contributed by atoms with van der Waals surface area (Å²) >= 11 is 0. The molecule has 1 atom stereocenters. The fourth-order valence-corrected chi connectivity index (χ4v) is 9.65. The number of hydrogen-bond donors (Lipinski definition) is 1. The van der Waals surface area contributed by atoms with Gasteiger partial charge < -0.3 is 24.6 Å². The Hall–Kier alpha value is -3.10. The average molecular weight is 685 g/mol. The first-order valence-corrected chi connectivity index (χ1v) is 18.6. The van der Waals surface area contributed by atoms with Crippen molar-refractivity contribution in [1.29, 1.82) is 0 Å². The first-order chi connectivity index (χ1) is 23.0. The Balaban J connectivity index is 1.14. The Morgan fingerprint density at radius 1 is 0.979 bits per heavy atom. The van der Waals surface area contributed by atoms with Gasteiger partial charge in [-0.25, -0.2) is 8.42 Å². The fourth-order valence-electron chi connectivity index (χ4n) is 7.51. The molecule has 2 aromatic rings. The molecule has 0 radical (unpaired) electrons. The topological polar surface area (TPSA) is 125 Å². The van der Waals surface area contributed by atoms with E-state index in [1.54, 1.807) is 48.1 Å². The molecule has 1 aromatic heterocycles. The summed E-state index contributed by atoms with van der Waals surface area (Å²) < 4.78 is 40.6. The number of carbonyl (C=O) groups excluding carboxylic acids is 2. The highest BCUT2D eigenvalue weighted by molar-refractivity contribution is 7.89. The van der Waals surface area contributed by atoms with Crippen LogP contribution in [0.3, 0.4) is 0 Å². The van der Waals surface area contributed by atoms with Gasteiger partial charge in [-0.3, -0.25) is 19.5 Å². The molecule has 12 nitrogen and oxygen atoms in total. The highest BCUT2D eigenvalue weighted by Crippen LogP contribution is 2.33. The number of amides is 2. The van der Waals surface area contributed by atoms with Crippen molar-refractivity contribution in [2.24, 2.45) is 0 Å². The van der Waals surface area contributed by atoms with Crippen LogP contribution in [-0.4, -0.2) is 136 Å². The van der Waals surface area contributed by atoms with Gasteiger partial charge in [0.1, 0.15) is 12.4 Å². The molecule has 0 spiro atoms. The number of nitrogens with zero attached hydrogens (tertiary/aromatic N) is 5. The molecule has 3 aliphatic rings. The van der Waals surface area contributed by atoms with Gasteiger partial charge in [-0.05, 0) is 88.4 Å². The van der Waals surface area contributed by atoms with Crippen LogP contribution in [0.4, 0.5) is 0 Å². The Labute approximate surface area is 285 Å². The molecule has 0 aliphatic carbocycles. The molecule has 264 valence electrons. The fraction of sp³-hybridized carbons (Fsp3) is 0.629. The van der Waals surface area contributed by atoms with Gasteiger partial charge in [-0.1, -0.05) is 6.42 Å². The second-order valence-electron chi connectivity index (χ2n) is 13.5. The molecule has 3 saturated heterocycles. The maximum atomic E-state index is 13.9. The minimum Gasteiger partial charge on any atom is -0.497 e. The van der Waals surface area contributed by atoms with Gasteiger partial charge in [0, 0.05) is 88.5 Å². The molecule has 1 aromatic carbocycles. The van der Waals surface area contributed by atoms with E-state index in [1.165, 1.54) is 0 Å². The molecule has 5 rings (SSSR count). The Kier molecular flexibility index (Phi) is 12.1. The molecule has 1 unspecified atom stereocenters. The zero-order valence-electron chi connectivity index (χ0n) is 28.9. The number of methoxy groups -OCH3 is 1. The normalized spacial score (nSPS) is 21.2. The van der Waals surface area contributed by atoms with Crippen LogP contribution in [0.5, 0.6) is 5.75 Å². The van der Waals surface area contributed by atoms with Gasteiger partial charge in [-0.2, -0.15) is 4.31 Å². The highest BCUT2D eigenvalue weighted by Gasteiger charge is 2.42. The van der Waals surface area contributed by atoms with Gasteiger partial charge in [-0.15, -0.1) is 0 Å². The number of hydrogen-bond acceptors (Lipinski definition) is 9.